The first-order valence-corrected chi connectivity index (χ1v) is 13.9. The van der Waals surface area contributed by atoms with E-state index in [0.717, 1.165) is 25.0 Å². The summed E-state index contributed by atoms with van der Waals surface area (Å²) in [7, 11) is 1.60. The quantitative estimate of drug-likeness (QED) is 0.514. The summed E-state index contributed by atoms with van der Waals surface area (Å²) in [4.78, 5) is 42.0. The van der Waals surface area contributed by atoms with E-state index in [9.17, 15) is 22.8 Å². The Balaban J connectivity index is 1.42. The van der Waals surface area contributed by atoms with Gasteiger partial charge < -0.3 is 19.4 Å². The van der Waals surface area contributed by atoms with Crippen molar-refractivity contribution in [3.8, 4) is 0 Å². The predicted molar refractivity (Wildman–Crippen MR) is 148 cm³/mol. The predicted octanol–water partition coefficient (Wildman–Crippen LogP) is 4.04. The molecule has 0 atom stereocenters. The number of aromatic nitrogens is 2. The molecule has 0 N–H and O–H groups in total. The van der Waals surface area contributed by atoms with Gasteiger partial charge in [-0.1, -0.05) is 18.2 Å². The Labute approximate surface area is 239 Å². The van der Waals surface area contributed by atoms with Gasteiger partial charge in [-0.2, -0.15) is 13.2 Å². The zero-order chi connectivity index (χ0) is 29.8. The minimum Gasteiger partial charge on any atom is -0.444 e. The third kappa shape index (κ3) is 7.87. The van der Waals surface area contributed by atoms with E-state index in [2.05, 4.69) is 19.8 Å². The van der Waals surface area contributed by atoms with E-state index in [4.69, 9.17) is 4.74 Å². The molecule has 41 heavy (non-hydrogen) atoms. The van der Waals surface area contributed by atoms with Gasteiger partial charge in [-0.05, 0) is 45.2 Å². The fraction of sp³-hybridized carbons (Fsp3) is 0.586. The summed E-state index contributed by atoms with van der Waals surface area (Å²) in [6.07, 6.45) is 0.845. The number of likely N-dealkylation sites (tertiary alicyclic amines) is 1. The molecule has 1 aromatic carbocycles. The normalized spacial score (nSPS) is 18.2. The van der Waals surface area contributed by atoms with Gasteiger partial charge >= 0.3 is 12.3 Å². The number of carbonyl (C=O) groups excluding carboxylic acids is 2. The lowest BCUT2D eigenvalue weighted by atomic mass is 9.72. The molecule has 9 nitrogen and oxygen atoms in total. The van der Waals surface area contributed by atoms with Gasteiger partial charge in [0.05, 0.1) is 18.3 Å². The summed E-state index contributed by atoms with van der Waals surface area (Å²) in [5, 5.41) is 0. The molecule has 0 spiro atoms. The maximum absolute atomic E-state index is 13.6. The van der Waals surface area contributed by atoms with Crippen LogP contribution in [0, 0.1) is 0 Å². The first-order chi connectivity index (χ1) is 19.3. The van der Waals surface area contributed by atoms with Crippen LogP contribution in [-0.4, -0.2) is 102 Å². The van der Waals surface area contributed by atoms with Crippen LogP contribution in [-0.2, 0) is 21.1 Å². The molecule has 0 bridgehead atoms. The zero-order valence-electron chi connectivity index (χ0n) is 24.2. The van der Waals surface area contributed by atoms with Crippen LogP contribution in [0.15, 0.2) is 42.9 Å². The molecular formula is C29H39F3N6O3. The van der Waals surface area contributed by atoms with Crippen molar-refractivity contribution in [3.05, 3.63) is 54.0 Å². The molecule has 1 aromatic heterocycles. The molecule has 2 fully saturated rings. The van der Waals surface area contributed by atoms with E-state index in [1.807, 2.05) is 0 Å². The van der Waals surface area contributed by atoms with Gasteiger partial charge in [0, 0.05) is 70.7 Å². The van der Waals surface area contributed by atoms with Crippen LogP contribution in [0.3, 0.4) is 0 Å². The van der Waals surface area contributed by atoms with Crippen LogP contribution < -0.4 is 4.90 Å². The second kappa shape index (κ2) is 12.2. The smallest absolute Gasteiger partial charge is 0.416 e. The van der Waals surface area contributed by atoms with Gasteiger partial charge in [-0.15, -0.1) is 0 Å². The molecule has 0 radical (unpaired) electrons. The minimum atomic E-state index is -4.48. The summed E-state index contributed by atoms with van der Waals surface area (Å²) >= 11 is 0. The van der Waals surface area contributed by atoms with E-state index in [-0.39, 0.29) is 19.0 Å². The number of hydrogen-bond acceptors (Lipinski definition) is 7. The van der Waals surface area contributed by atoms with Crippen LogP contribution in [0.5, 0.6) is 0 Å². The summed E-state index contributed by atoms with van der Waals surface area (Å²) in [6, 6.07) is 5.33. The van der Waals surface area contributed by atoms with Crippen LogP contribution in [0.1, 0.15) is 44.7 Å². The van der Waals surface area contributed by atoms with Gasteiger partial charge in [-0.25, -0.2) is 9.78 Å². The van der Waals surface area contributed by atoms with Crippen molar-refractivity contribution in [2.45, 2.75) is 50.8 Å². The minimum absolute atomic E-state index is 0.00362. The topological polar surface area (TPSA) is 82.1 Å². The average Bonchev–Trinajstić information content (AvgIpc) is 2.93. The van der Waals surface area contributed by atoms with Crippen molar-refractivity contribution >= 4 is 17.8 Å². The van der Waals surface area contributed by atoms with Crippen LogP contribution in [0.4, 0.5) is 23.8 Å². The Morgan fingerprint density at radius 1 is 1.02 bits per heavy atom. The Kier molecular flexibility index (Phi) is 9.10. The second-order valence-corrected chi connectivity index (χ2v) is 11.9. The molecule has 224 valence electrons. The van der Waals surface area contributed by atoms with E-state index in [1.54, 1.807) is 57.4 Å². The molecule has 2 saturated heterocycles. The van der Waals surface area contributed by atoms with Crippen molar-refractivity contribution < 1.29 is 27.5 Å². The second-order valence-electron chi connectivity index (χ2n) is 11.9. The molecule has 3 heterocycles. The van der Waals surface area contributed by atoms with Gasteiger partial charge in [0.25, 0.3) is 0 Å². The highest BCUT2D eigenvalue weighted by Gasteiger charge is 2.41. The van der Waals surface area contributed by atoms with Crippen molar-refractivity contribution in [2.75, 3.05) is 64.3 Å². The van der Waals surface area contributed by atoms with E-state index < -0.39 is 28.8 Å². The highest BCUT2D eigenvalue weighted by Crippen LogP contribution is 2.39. The Bertz CT molecular complexity index is 1190. The fourth-order valence-electron chi connectivity index (χ4n) is 5.49. The Morgan fingerprint density at radius 3 is 2.29 bits per heavy atom. The lowest BCUT2D eigenvalue weighted by Crippen LogP contribution is -2.54. The van der Waals surface area contributed by atoms with Crippen molar-refractivity contribution in [2.24, 2.45) is 0 Å². The molecule has 12 heteroatoms. The largest absolute Gasteiger partial charge is 0.444 e. The van der Waals surface area contributed by atoms with Gasteiger partial charge in [0.15, 0.2) is 0 Å². The molecule has 0 saturated carbocycles. The van der Waals surface area contributed by atoms with Crippen molar-refractivity contribution in [3.63, 3.8) is 0 Å². The Hall–Kier alpha value is -3.41. The average molecular weight is 577 g/mol. The molecule has 0 aliphatic carbocycles. The lowest BCUT2D eigenvalue weighted by molar-refractivity contribution is -0.137. The number of likely N-dealkylation sites (N-methyl/N-ethyl adjacent to an activating group) is 1. The number of amides is 2. The number of piperazine rings is 1. The van der Waals surface area contributed by atoms with E-state index >= 15 is 0 Å². The number of nitrogens with zero attached hydrogens (tertiary/aromatic N) is 6. The highest BCUT2D eigenvalue weighted by atomic mass is 19.4. The van der Waals surface area contributed by atoms with E-state index in [0.29, 0.717) is 44.6 Å². The first kappa shape index (κ1) is 30.5. The van der Waals surface area contributed by atoms with Gasteiger partial charge in [0.2, 0.25) is 5.91 Å². The maximum atomic E-state index is 13.6. The summed E-state index contributed by atoms with van der Waals surface area (Å²) < 4.78 is 46.3. The van der Waals surface area contributed by atoms with Gasteiger partial charge in [0.1, 0.15) is 11.4 Å². The number of carbonyl (C=O) groups is 2. The third-order valence-electron chi connectivity index (χ3n) is 7.73. The fourth-order valence-corrected chi connectivity index (χ4v) is 5.49. The first-order valence-electron chi connectivity index (χ1n) is 13.9. The number of ether oxygens (including phenoxy) is 1. The monoisotopic (exact) mass is 576 g/mol. The summed E-state index contributed by atoms with van der Waals surface area (Å²) in [6.45, 7) is 9.42. The molecule has 2 amide bonds. The standard InChI is InChI=1S/C29H39F3N6O3/c1-27(2,3)41-26(40)35(4)21-28(22-6-5-7-23(18-22)29(30,31)32)8-12-38(13-9-28)25(39)20-36-14-16-37(17-15-36)24-19-33-10-11-34-24/h5-7,10-11,18-19H,8-9,12-17,20-21H2,1-4H3. The molecular weight excluding hydrogens is 537 g/mol. The lowest BCUT2D eigenvalue weighted by Gasteiger charge is -2.45. The van der Waals surface area contributed by atoms with E-state index in [1.165, 1.54) is 17.0 Å². The van der Waals surface area contributed by atoms with Crippen LogP contribution in [0.25, 0.3) is 0 Å². The van der Waals surface area contributed by atoms with Crippen LogP contribution in [0.2, 0.25) is 0 Å². The maximum Gasteiger partial charge on any atom is 0.416 e. The summed E-state index contributed by atoms with van der Waals surface area (Å²) in [5.74, 6) is 0.813. The number of rotatable bonds is 6. The zero-order valence-corrected chi connectivity index (χ0v) is 24.2. The number of alkyl halides is 3. The third-order valence-corrected chi connectivity index (χ3v) is 7.73. The number of piperidine rings is 1. The SMILES string of the molecule is CN(CC1(c2cccc(C(F)(F)F)c2)CCN(C(=O)CN2CCN(c3cnccn3)CC2)CC1)C(=O)OC(C)(C)C. The summed E-state index contributed by atoms with van der Waals surface area (Å²) in [5.41, 5.74) is -1.68. The Morgan fingerprint density at radius 2 is 1.71 bits per heavy atom. The molecule has 2 aromatic rings. The highest BCUT2D eigenvalue weighted by molar-refractivity contribution is 5.78. The molecule has 4 rings (SSSR count). The van der Waals surface area contributed by atoms with Gasteiger partial charge in [-0.3, -0.25) is 14.7 Å². The number of benzene rings is 1. The molecule has 2 aliphatic heterocycles. The van der Waals surface area contributed by atoms with Crippen molar-refractivity contribution in [1.29, 1.82) is 0 Å². The van der Waals surface area contributed by atoms with Crippen molar-refractivity contribution in [1.82, 2.24) is 24.7 Å². The molecule has 0 unspecified atom stereocenters. The number of halogens is 3. The number of anilines is 1. The molecule has 2 aliphatic rings. The number of hydrogen-bond donors (Lipinski definition) is 0. The van der Waals surface area contributed by atoms with Crippen LogP contribution >= 0.6 is 0 Å².